The molecular formula is C14H12BrClF2N2. The van der Waals surface area contributed by atoms with Crippen LogP contribution in [-0.2, 0) is 6.42 Å². The molecule has 0 aliphatic rings. The van der Waals surface area contributed by atoms with E-state index in [-0.39, 0.29) is 6.04 Å². The number of hydrazine groups is 1. The molecule has 20 heavy (non-hydrogen) atoms. The molecule has 0 aliphatic carbocycles. The van der Waals surface area contributed by atoms with Crippen LogP contribution in [0.15, 0.2) is 40.9 Å². The third kappa shape index (κ3) is 3.55. The molecule has 0 bridgehead atoms. The molecule has 0 aromatic heterocycles. The monoisotopic (exact) mass is 360 g/mol. The first kappa shape index (κ1) is 15.4. The van der Waals surface area contributed by atoms with Gasteiger partial charge in [-0.25, -0.2) is 8.78 Å². The molecule has 1 atom stereocenters. The summed E-state index contributed by atoms with van der Waals surface area (Å²) in [5.41, 5.74) is 4.17. The summed E-state index contributed by atoms with van der Waals surface area (Å²) in [6.45, 7) is 0. The number of hydrogen-bond acceptors (Lipinski definition) is 2. The summed E-state index contributed by atoms with van der Waals surface area (Å²) in [5, 5.41) is 0.563. The fourth-order valence-electron chi connectivity index (χ4n) is 1.90. The molecule has 0 spiro atoms. The second-order valence-electron chi connectivity index (χ2n) is 4.35. The van der Waals surface area contributed by atoms with Gasteiger partial charge in [-0.1, -0.05) is 23.7 Å². The summed E-state index contributed by atoms with van der Waals surface area (Å²) >= 11 is 9.35. The fraction of sp³-hybridized carbons (Fsp3) is 0.143. The normalized spacial score (nSPS) is 12.4. The van der Waals surface area contributed by atoms with E-state index in [1.54, 1.807) is 6.07 Å². The summed E-state index contributed by atoms with van der Waals surface area (Å²) in [4.78, 5) is 0. The van der Waals surface area contributed by atoms with Gasteiger partial charge < -0.3 is 0 Å². The summed E-state index contributed by atoms with van der Waals surface area (Å²) in [7, 11) is 0. The lowest BCUT2D eigenvalue weighted by atomic mass is 9.99. The maximum absolute atomic E-state index is 13.2. The van der Waals surface area contributed by atoms with E-state index in [9.17, 15) is 8.78 Å². The lowest BCUT2D eigenvalue weighted by Gasteiger charge is -2.17. The van der Waals surface area contributed by atoms with Gasteiger partial charge in [0.25, 0.3) is 0 Å². The highest BCUT2D eigenvalue weighted by molar-refractivity contribution is 9.10. The molecule has 0 fully saturated rings. The van der Waals surface area contributed by atoms with Gasteiger partial charge in [-0.15, -0.1) is 0 Å². The van der Waals surface area contributed by atoms with E-state index in [0.29, 0.717) is 17.0 Å². The van der Waals surface area contributed by atoms with E-state index in [4.69, 9.17) is 17.4 Å². The first-order valence-corrected chi connectivity index (χ1v) is 7.03. The Kier molecular flexibility index (Phi) is 5.10. The highest BCUT2D eigenvalue weighted by atomic mass is 79.9. The molecule has 3 N–H and O–H groups in total. The fourth-order valence-corrected chi connectivity index (χ4v) is 2.34. The van der Waals surface area contributed by atoms with Crippen LogP contribution in [0.5, 0.6) is 0 Å². The van der Waals surface area contributed by atoms with Crippen LogP contribution >= 0.6 is 27.5 Å². The Bertz CT molecular complexity index is 622. The van der Waals surface area contributed by atoms with Gasteiger partial charge in [0.15, 0.2) is 11.6 Å². The van der Waals surface area contributed by atoms with Crippen LogP contribution in [0.4, 0.5) is 8.78 Å². The van der Waals surface area contributed by atoms with Gasteiger partial charge in [-0.2, -0.15) is 0 Å². The van der Waals surface area contributed by atoms with Crippen LogP contribution in [0.2, 0.25) is 5.02 Å². The SMILES string of the molecule is NNC(Cc1ccc(F)c(F)c1)c1ccc(Br)c(Cl)c1. The zero-order valence-electron chi connectivity index (χ0n) is 10.3. The molecule has 2 aromatic rings. The van der Waals surface area contributed by atoms with Crippen LogP contribution in [-0.4, -0.2) is 0 Å². The van der Waals surface area contributed by atoms with Crippen molar-refractivity contribution in [2.24, 2.45) is 5.84 Å². The molecular weight excluding hydrogens is 350 g/mol. The maximum Gasteiger partial charge on any atom is 0.159 e. The standard InChI is InChI=1S/C14H12BrClF2N2/c15-10-3-2-9(7-11(10)16)14(20-19)6-8-1-4-12(17)13(18)5-8/h1-5,7,14,20H,6,19H2. The minimum Gasteiger partial charge on any atom is -0.271 e. The number of rotatable bonds is 4. The Balaban J connectivity index is 2.23. The molecule has 6 heteroatoms. The quantitative estimate of drug-likeness (QED) is 0.635. The van der Waals surface area contributed by atoms with Crippen molar-refractivity contribution in [1.29, 1.82) is 0 Å². The number of nitrogens with two attached hydrogens (primary N) is 1. The zero-order chi connectivity index (χ0) is 14.7. The first-order chi connectivity index (χ1) is 9.51. The smallest absolute Gasteiger partial charge is 0.159 e. The lowest BCUT2D eigenvalue weighted by molar-refractivity contribution is 0.502. The highest BCUT2D eigenvalue weighted by Gasteiger charge is 2.13. The van der Waals surface area contributed by atoms with Gasteiger partial charge in [0.2, 0.25) is 0 Å². The Labute approximate surface area is 129 Å². The summed E-state index contributed by atoms with van der Waals surface area (Å²) in [6.07, 6.45) is 0.422. The van der Waals surface area contributed by atoms with Crippen LogP contribution in [0.25, 0.3) is 0 Å². The van der Waals surface area contributed by atoms with Gasteiger partial charge in [0.05, 0.1) is 11.1 Å². The molecule has 1 unspecified atom stereocenters. The molecule has 2 rings (SSSR count). The first-order valence-electron chi connectivity index (χ1n) is 5.86. The lowest BCUT2D eigenvalue weighted by Crippen LogP contribution is -2.29. The molecule has 0 heterocycles. The molecule has 106 valence electrons. The van der Waals surface area contributed by atoms with E-state index in [1.807, 2.05) is 12.1 Å². The van der Waals surface area contributed by atoms with Gasteiger partial charge in [0.1, 0.15) is 0 Å². The zero-order valence-corrected chi connectivity index (χ0v) is 12.7. The van der Waals surface area contributed by atoms with Gasteiger partial charge in [-0.05, 0) is 57.7 Å². The molecule has 0 saturated carbocycles. The van der Waals surface area contributed by atoms with Crippen LogP contribution in [0.1, 0.15) is 17.2 Å². The Morgan fingerprint density at radius 3 is 2.50 bits per heavy atom. The number of halogens is 4. The minimum atomic E-state index is -0.868. The minimum absolute atomic E-state index is 0.245. The molecule has 0 aliphatic heterocycles. The van der Waals surface area contributed by atoms with Gasteiger partial charge in [-0.3, -0.25) is 11.3 Å². The molecule has 2 nitrogen and oxygen atoms in total. The van der Waals surface area contributed by atoms with E-state index in [1.165, 1.54) is 12.1 Å². The number of nitrogens with one attached hydrogen (secondary N) is 1. The van der Waals surface area contributed by atoms with Crippen molar-refractivity contribution >= 4 is 27.5 Å². The van der Waals surface area contributed by atoms with Crippen molar-refractivity contribution in [2.45, 2.75) is 12.5 Å². The molecule has 0 radical (unpaired) electrons. The van der Waals surface area contributed by atoms with Crippen molar-refractivity contribution in [1.82, 2.24) is 5.43 Å². The maximum atomic E-state index is 13.2. The van der Waals surface area contributed by atoms with Crippen LogP contribution in [0, 0.1) is 11.6 Å². The predicted octanol–water partition coefficient (Wildman–Crippen LogP) is 4.13. The van der Waals surface area contributed by atoms with Crippen molar-refractivity contribution in [3.8, 4) is 0 Å². The van der Waals surface area contributed by atoms with Crippen LogP contribution in [0.3, 0.4) is 0 Å². The van der Waals surface area contributed by atoms with Crippen molar-refractivity contribution < 1.29 is 8.78 Å². The number of benzene rings is 2. The second-order valence-corrected chi connectivity index (χ2v) is 5.61. The third-order valence-corrected chi connectivity index (χ3v) is 4.20. The average molecular weight is 362 g/mol. The summed E-state index contributed by atoms with van der Waals surface area (Å²) < 4.78 is 26.9. The summed E-state index contributed by atoms with van der Waals surface area (Å²) in [6, 6.07) is 9.00. The molecule has 0 saturated heterocycles. The molecule has 0 amide bonds. The van der Waals surface area contributed by atoms with Crippen molar-refractivity contribution in [3.63, 3.8) is 0 Å². The predicted molar refractivity (Wildman–Crippen MR) is 79.3 cm³/mol. The Morgan fingerprint density at radius 1 is 1.15 bits per heavy atom. The number of hydrogen-bond donors (Lipinski definition) is 2. The second kappa shape index (κ2) is 6.63. The highest BCUT2D eigenvalue weighted by Crippen LogP contribution is 2.27. The van der Waals surface area contributed by atoms with Crippen molar-refractivity contribution in [3.05, 3.63) is 68.7 Å². The Hall–Kier alpha value is -1.01. The van der Waals surface area contributed by atoms with E-state index in [0.717, 1.165) is 16.1 Å². The van der Waals surface area contributed by atoms with E-state index < -0.39 is 11.6 Å². The van der Waals surface area contributed by atoms with Gasteiger partial charge in [0, 0.05) is 4.47 Å². The topological polar surface area (TPSA) is 38.0 Å². The van der Waals surface area contributed by atoms with Crippen LogP contribution < -0.4 is 11.3 Å². The largest absolute Gasteiger partial charge is 0.271 e. The van der Waals surface area contributed by atoms with Crippen molar-refractivity contribution in [2.75, 3.05) is 0 Å². The van der Waals surface area contributed by atoms with E-state index in [2.05, 4.69) is 21.4 Å². The average Bonchev–Trinajstić information content (AvgIpc) is 2.43. The summed E-state index contributed by atoms with van der Waals surface area (Å²) in [5.74, 6) is 3.80. The molecule has 2 aromatic carbocycles. The Morgan fingerprint density at radius 2 is 1.90 bits per heavy atom. The van der Waals surface area contributed by atoms with E-state index >= 15 is 0 Å². The van der Waals surface area contributed by atoms with Gasteiger partial charge >= 0.3 is 0 Å². The third-order valence-electron chi connectivity index (χ3n) is 2.97.